The molecular formula is C20H33N5O2. The van der Waals surface area contributed by atoms with Gasteiger partial charge in [0.15, 0.2) is 5.96 Å². The number of carbonyl (C=O) groups excluding carboxylic acids is 1. The molecule has 0 aromatic heterocycles. The molecule has 0 aliphatic carbocycles. The van der Waals surface area contributed by atoms with Crippen LogP contribution in [0.2, 0.25) is 0 Å². The molecule has 7 heteroatoms. The Kier molecular flexibility index (Phi) is 9.07. The molecule has 1 atom stereocenters. The number of hydrogen-bond donors (Lipinski definition) is 3. The number of hydrogen-bond acceptors (Lipinski definition) is 4. The molecule has 1 amide bonds. The molecule has 1 heterocycles. The molecule has 1 aromatic carbocycles. The van der Waals surface area contributed by atoms with Gasteiger partial charge in [-0.05, 0) is 38.6 Å². The van der Waals surface area contributed by atoms with Crippen molar-refractivity contribution in [1.29, 1.82) is 0 Å². The van der Waals surface area contributed by atoms with Gasteiger partial charge in [0.2, 0.25) is 5.91 Å². The molecular weight excluding hydrogens is 342 g/mol. The van der Waals surface area contributed by atoms with E-state index in [-0.39, 0.29) is 11.8 Å². The molecule has 0 spiro atoms. The van der Waals surface area contributed by atoms with Crippen molar-refractivity contribution in [3.8, 4) is 0 Å². The lowest BCUT2D eigenvalue weighted by atomic mass is 9.91. The highest BCUT2D eigenvalue weighted by Crippen LogP contribution is 2.31. The number of methoxy groups -OCH3 is 1. The number of para-hydroxylation sites is 1. The first-order valence-corrected chi connectivity index (χ1v) is 9.72. The monoisotopic (exact) mass is 375 g/mol. The summed E-state index contributed by atoms with van der Waals surface area (Å²) in [5.41, 5.74) is 2.07. The van der Waals surface area contributed by atoms with Gasteiger partial charge in [0.25, 0.3) is 0 Å². The Morgan fingerprint density at radius 3 is 2.93 bits per heavy atom. The summed E-state index contributed by atoms with van der Waals surface area (Å²) in [7, 11) is 3.83. The average molecular weight is 376 g/mol. The zero-order valence-corrected chi connectivity index (χ0v) is 16.8. The van der Waals surface area contributed by atoms with Crippen LogP contribution in [0, 0.1) is 0 Å². The van der Waals surface area contributed by atoms with Gasteiger partial charge in [-0.15, -0.1) is 0 Å². The molecule has 1 aliphatic rings. The maximum Gasteiger partial charge on any atom is 0.225 e. The van der Waals surface area contributed by atoms with Gasteiger partial charge >= 0.3 is 0 Å². The first-order chi connectivity index (χ1) is 13.1. The van der Waals surface area contributed by atoms with E-state index in [9.17, 15) is 4.79 Å². The number of carbonyl (C=O) groups is 1. The quantitative estimate of drug-likeness (QED) is 0.329. The number of amides is 1. The highest BCUT2D eigenvalue weighted by atomic mass is 16.5. The summed E-state index contributed by atoms with van der Waals surface area (Å²) in [5, 5.41) is 9.61. The lowest BCUT2D eigenvalue weighted by Crippen LogP contribution is -2.39. The van der Waals surface area contributed by atoms with E-state index >= 15 is 0 Å². The van der Waals surface area contributed by atoms with Crippen LogP contribution in [0.5, 0.6) is 0 Å². The number of rotatable bonds is 10. The number of nitrogens with one attached hydrogen (secondary N) is 3. The summed E-state index contributed by atoms with van der Waals surface area (Å²) in [5.74, 6) is 0.983. The standard InChI is InChI=1S/C20H33N5O2/c1-4-21-20(22-10-7-11-25(2)12-13-27-3)23-15-16-14-19(26)24-18-9-6-5-8-17(16)18/h5-6,8-9,16H,4,7,10-15H2,1-3H3,(H,24,26)(H2,21,22,23). The van der Waals surface area contributed by atoms with Gasteiger partial charge in [-0.3, -0.25) is 9.79 Å². The van der Waals surface area contributed by atoms with E-state index in [4.69, 9.17) is 9.73 Å². The second-order valence-corrected chi connectivity index (χ2v) is 6.83. The van der Waals surface area contributed by atoms with E-state index in [1.54, 1.807) is 7.11 Å². The largest absolute Gasteiger partial charge is 0.383 e. The van der Waals surface area contributed by atoms with Crippen LogP contribution in [0.15, 0.2) is 29.3 Å². The van der Waals surface area contributed by atoms with Crippen LogP contribution in [0.3, 0.4) is 0 Å². The third kappa shape index (κ3) is 7.19. The van der Waals surface area contributed by atoms with Crippen molar-refractivity contribution in [3.05, 3.63) is 29.8 Å². The second kappa shape index (κ2) is 11.6. The number of likely N-dealkylation sites (N-methyl/N-ethyl adjacent to an activating group) is 1. The van der Waals surface area contributed by atoms with E-state index in [0.29, 0.717) is 13.0 Å². The number of nitrogens with zero attached hydrogens (tertiary/aromatic N) is 2. The summed E-state index contributed by atoms with van der Waals surface area (Å²) in [6.07, 6.45) is 1.50. The van der Waals surface area contributed by atoms with Gasteiger partial charge in [-0.2, -0.15) is 0 Å². The van der Waals surface area contributed by atoms with Crippen LogP contribution in [0.4, 0.5) is 5.69 Å². The lowest BCUT2D eigenvalue weighted by molar-refractivity contribution is -0.116. The van der Waals surface area contributed by atoms with E-state index in [0.717, 1.165) is 56.4 Å². The fourth-order valence-corrected chi connectivity index (χ4v) is 3.12. The van der Waals surface area contributed by atoms with Crippen molar-refractivity contribution in [2.24, 2.45) is 4.99 Å². The normalized spacial score (nSPS) is 16.8. The number of ether oxygens (including phenoxy) is 1. The minimum Gasteiger partial charge on any atom is -0.383 e. The third-order valence-corrected chi connectivity index (χ3v) is 4.61. The minimum atomic E-state index is 0.0611. The molecule has 3 N–H and O–H groups in total. The van der Waals surface area contributed by atoms with E-state index in [1.165, 1.54) is 0 Å². The average Bonchev–Trinajstić information content (AvgIpc) is 2.67. The number of guanidine groups is 1. The number of fused-ring (bicyclic) bond motifs is 1. The van der Waals surface area contributed by atoms with Gasteiger partial charge in [-0.25, -0.2) is 0 Å². The summed E-state index contributed by atoms with van der Waals surface area (Å²) < 4.78 is 5.10. The fourth-order valence-electron chi connectivity index (χ4n) is 3.12. The van der Waals surface area contributed by atoms with Crippen LogP contribution in [0.25, 0.3) is 0 Å². The first kappa shape index (κ1) is 21.2. The van der Waals surface area contributed by atoms with Crippen LogP contribution < -0.4 is 16.0 Å². The lowest BCUT2D eigenvalue weighted by Gasteiger charge is -2.24. The summed E-state index contributed by atoms with van der Waals surface area (Å²) in [6.45, 7) is 7.00. The SMILES string of the molecule is CCNC(=NCC1CC(=O)Nc2ccccc21)NCCCN(C)CCOC. The molecule has 0 saturated heterocycles. The minimum absolute atomic E-state index is 0.0611. The number of benzene rings is 1. The highest BCUT2D eigenvalue weighted by Gasteiger charge is 2.24. The Labute approximate surface area is 162 Å². The fraction of sp³-hybridized carbons (Fsp3) is 0.600. The summed E-state index contributed by atoms with van der Waals surface area (Å²) >= 11 is 0. The first-order valence-electron chi connectivity index (χ1n) is 9.72. The Morgan fingerprint density at radius 1 is 1.33 bits per heavy atom. The Morgan fingerprint density at radius 2 is 2.15 bits per heavy atom. The van der Waals surface area contributed by atoms with Gasteiger partial charge in [-0.1, -0.05) is 18.2 Å². The predicted molar refractivity (Wildman–Crippen MR) is 110 cm³/mol. The van der Waals surface area contributed by atoms with Crippen molar-refractivity contribution in [1.82, 2.24) is 15.5 Å². The number of aliphatic imine (C=N–C) groups is 1. The van der Waals surface area contributed by atoms with Crippen molar-refractivity contribution < 1.29 is 9.53 Å². The predicted octanol–water partition coefficient (Wildman–Crippen LogP) is 1.64. The molecule has 1 unspecified atom stereocenters. The van der Waals surface area contributed by atoms with E-state index in [1.807, 2.05) is 18.2 Å². The Balaban J connectivity index is 1.85. The van der Waals surface area contributed by atoms with Crippen LogP contribution in [-0.2, 0) is 9.53 Å². The number of anilines is 1. The molecule has 0 bridgehead atoms. The van der Waals surface area contributed by atoms with Gasteiger partial charge in [0.05, 0.1) is 13.2 Å². The smallest absolute Gasteiger partial charge is 0.225 e. The van der Waals surface area contributed by atoms with Crippen molar-refractivity contribution in [2.45, 2.75) is 25.7 Å². The van der Waals surface area contributed by atoms with Crippen molar-refractivity contribution in [3.63, 3.8) is 0 Å². The molecule has 27 heavy (non-hydrogen) atoms. The molecule has 0 radical (unpaired) electrons. The molecule has 1 aliphatic heterocycles. The van der Waals surface area contributed by atoms with Gasteiger partial charge in [0, 0.05) is 44.8 Å². The topological polar surface area (TPSA) is 78.0 Å². The van der Waals surface area contributed by atoms with Crippen molar-refractivity contribution >= 4 is 17.6 Å². The van der Waals surface area contributed by atoms with Crippen LogP contribution in [-0.4, -0.2) is 70.3 Å². The van der Waals surface area contributed by atoms with Crippen LogP contribution in [0.1, 0.15) is 31.2 Å². The molecule has 1 aromatic rings. The maximum absolute atomic E-state index is 12.0. The Bertz CT molecular complexity index is 620. The molecule has 0 fully saturated rings. The molecule has 150 valence electrons. The zero-order chi connectivity index (χ0) is 19.5. The van der Waals surface area contributed by atoms with Crippen LogP contribution >= 0.6 is 0 Å². The van der Waals surface area contributed by atoms with E-state index in [2.05, 4.69) is 40.9 Å². The van der Waals surface area contributed by atoms with Gasteiger partial charge < -0.3 is 25.6 Å². The highest BCUT2D eigenvalue weighted by molar-refractivity contribution is 5.94. The molecule has 7 nitrogen and oxygen atoms in total. The van der Waals surface area contributed by atoms with Gasteiger partial charge in [0.1, 0.15) is 0 Å². The molecule has 0 saturated carbocycles. The third-order valence-electron chi connectivity index (χ3n) is 4.61. The summed E-state index contributed by atoms with van der Waals surface area (Å²) in [4.78, 5) is 18.9. The summed E-state index contributed by atoms with van der Waals surface area (Å²) in [6, 6.07) is 7.98. The zero-order valence-electron chi connectivity index (χ0n) is 16.8. The second-order valence-electron chi connectivity index (χ2n) is 6.83. The maximum atomic E-state index is 12.0. The van der Waals surface area contributed by atoms with Crippen molar-refractivity contribution in [2.75, 3.05) is 58.8 Å². The molecule has 2 rings (SSSR count). The Hall–Kier alpha value is -2.12. The van der Waals surface area contributed by atoms with E-state index < -0.39 is 0 Å².